The zero-order valence-electron chi connectivity index (χ0n) is 15.5. The zero-order chi connectivity index (χ0) is 18.8. The van der Waals surface area contributed by atoms with Gasteiger partial charge in [-0.1, -0.05) is 0 Å². The van der Waals surface area contributed by atoms with Crippen LogP contribution in [0.15, 0.2) is 24.7 Å². The van der Waals surface area contributed by atoms with Crippen molar-refractivity contribution >= 4 is 17.5 Å². The van der Waals surface area contributed by atoms with Gasteiger partial charge in [-0.2, -0.15) is 5.10 Å². The fourth-order valence-corrected chi connectivity index (χ4v) is 2.36. The Bertz CT molecular complexity index is 789. The summed E-state index contributed by atoms with van der Waals surface area (Å²) in [4.78, 5) is 28.2. The van der Waals surface area contributed by atoms with Gasteiger partial charge in [0, 0.05) is 18.0 Å². The molecule has 2 N–H and O–H groups in total. The molecule has 0 aliphatic carbocycles. The lowest BCUT2D eigenvalue weighted by Gasteiger charge is -2.19. The molecule has 2 aromatic heterocycles. The van der Waals surface area contributed by atoms with Gasteiger partial charge in [-0.05, 0) is 53.2 Å². The van der Waals surface area contributed by atoms with Gasteiger partial charge in [-0.15, -0.1) is 0 Å². The summed E-state index contributed by atoms with van der Waals surface area (Å²) in [6.07, 6.45) is 5.05. The molecule has 0 radical (unpaired) electrons. The SMILES string of the molecule is Cc1ccncc1NC(=O)C(=O)NC(C)c1cn(C(C)(C)C)nc1C. The van der Waals surface area contributed by atoms with E-state index in [1.165, 1.54) is 6.20 Å². The van der Waals surface area contributed by atoms with Gasteiger partial charge in [0.15, 0.2) is 0 Å². The third-order valence-electron chi connectivity index (χ3n) is 3.93. The highest BCUT2D eigenvalue weighted by Gasteiger charge is 2.22. The predicted octanol–water partition coefficient (Wildman–Crippen LogP) is 2.47. The molecule has 0 spiro atoms. The van der Waals surface area contributed by atoms with E-state index in [1.54, 1.807) is 12.3 Å². The molecule has 134 valence electrons. The third kappa shape index (κ3) is 4.43. The van der Waals surface area contributed by atoms with Crippen LogP contribution >= 0.6 is 0 Å². The van der Waals surface area contributed by atoms with Crippen molar-refractivity contribution in [2.75, 3.05) is 5.32 Å². The van der Waals surface area contributed by atoms with Gasteiger partial charge in [0.25, 0.3) is 0 Å². The van der Waals surface area contributed by atoms with Crippen LogP contribution in [0.25, 0.3) is 0 Å². The Morgan fingerprint density at radius 1 is 1.20 bits per heavy atom. The molecule has 1 unspecified atom stereocenters. The summed E-state index contributed by atoms with van der Waals surface area (Å²) in [6, 6.07) is 1.43. The smallest absolute Gasteiger partial charge is 0.313 e. The zero-order valence-corrected chi connectivity index (χ0v) is 15.5. The molecule has 0 aromatic carbocycles. The van der Waals surface area contributed by atoms with Crippen molar-refractivity contribution in [1.29, 1.82) is 0 Å². The second-order valence-corrected chi connectivity index (χ2v) is 7.13. The van der Waals surface area contributed by atoms with Gasteiger partial charge in [0.1, 0.15) is 0 Å². The molecule has 0 saturated carbocycles. The van der Waals surface area contributed by atoms with E-state index < -0.39 is 11.8 Å². The Labute approximate surface area is 147 Å². The molecule has 1 atom stereocenters. The first kappa shape index (κ1) is 18.6. The van der Waals surface area contributed by atoms with Crippen LogP contribution in [0.1, 0.15) is 50.6 Å². The normalized spacial score (nSPS) is 12.6. The number of hydrogen-bond acceptors (Lipinski definition) is 4. The number of aromatic nitrogens is 3. The number of anilines is 1. The summed E-state index contributed by atoms with van der Waals surface area (Å²) in [6.45, 7) is 11.7. The average Bonchev–Trinajstić information content (AvgIpc) is 2.91. The van der Waals surface area contributed by atoms with E-state index in [2.05, 4.69) is 41.5 Å². The van der Waals surface area contributed by atoms with E-state index in [1.807, 2.05) is 31.6 Å². The highest BCUT2D eigenvalue weighted by molar-refractivity contribution is 6.39. The van der Waals surface area contributed by atoms with Crippen molar-refractivity contribution in [2.45, 2.75) is 53.1 Å². The minimum Gasteiger partial charge on any atom is -0.341 e. The standard InChI is InChI=1S/C18H25N5O2/c1-11-7-8-19-9-15(11)21-17(25)16(24)20-12(2)14-10-23(18(4,5)6)22-13(14)3/h7-10,12H,1-6H3,(H,20,24)(H,21,25). The van der Waals surface area contributed by atoms with Gasteiger partial charge in [0.05, 0.1) is 29.2 Å². The fraction of sp³-hybridized carbons (Fsp3) is 0.444. The third-order valence-corrected chi connectivity index (χ3v) is 3.93. The maximum Gasteiger partial charge on any atom is 0.313 e. The molecule has 2 rings (SSSR count). The number of nitrogens with zero attached hydrogens (tertiary/aromatic N) is 3. The van der Waals surface area contributed by atoms with Gasteiger partial charge in [0.2, 0.25) is 0 Å². The van der Waals surface area contributed by atoms with Crippen molar-refractivity contribution < 1.29 is 9.59 Å². The van der Waals surface area contributed by atoms with Gasteiger partial charge >= 0.3 is 11.8 Å². The Balaban J connectivity index is 2.06. The van der Waals surface area contributed by atoms with Crippen molar-refractivity contribution in [3.8, 4) is 0 Å². The number of carbonyl (C=O) groups excluding carboxylic acids is 2. The summed E-state index contributed by atoms with van der Waals surface area (Å²) < 4.78 is 1.86. The molecule has 0 aliphatic rings. The molecule has 0 aliphatic heterocycles. The number of aryl methyl sites for hydroxylation is 2. The van der Waals surface area contributed by atoms with Crippen LogP contribution in [0.3, 0.4) is 0 Å². The van der Waals surface area contributed by atoms with Crippen molar-refractivity contribution in [2.24, 2.45) is 0 Å². The first-order valence-corrected chi connectivity index (χ1v) is 8.18. The minimum atomic E-state index is -0.719. The highest BCUT2D eigenvalue weighted by atomic mass is 16.2. The number of carbonyl (C=O) groups is 2. The number of hydrogen-bond donors (Lipinski definition) is 2. The van der Waals surface area contributed by atoms with E-state index in [0.717, 1.165) is 16.8 Å². The lowest BCUT2D eigenvalue weighted by Crippen LogP contribution is -2.37. The molecule has 25 heavy (non-hydrogen) atoms. The first-order chi connectivity index (χ1) is 11.6. The summed E-state index contributed by atoms with van der Waals surface area (Å²) in [5.41, 5.74) is 2.92. The number of nitrogens with one attached hydrogen (secondary N) is 2. The Kier molecular flexibility index (Phi) is 5.25. The second-order valence-electron chi connectivity index (χ2n) is 7.13. The van der Waals surface area contributed by atoms with E-state index in [9.17, 15) is 9.59 Å². The van der Waals surface area contributed by atoms with Crippen molar-refractivity contribution in [1.82, 2.24) is 20.1 Å². The molecule has 0 fully saturated rings. The molecular weight excluding hydrogens is 318 g/mol. The van der Waals surface area contributed by atoms with E-state index in [0.29, 0.717) is 5.69 Å². The lowest BCUT2D eigenvalue weighted by molar-refractivity contribution is -0.136. The predicted molar refractivity (Wildman–Crippen MR) is 96.1 cm³/mol. The maximum atomic E-state index is 12.2. The maximum absolute atomic E-state index is 12.2. The monoisotopic (exact) mass is 343 g/mol. The van der Waals surface area contributed by atoms with Crippen LogP contribution in [0.4, 0.5) is 5.69 Å². The Morgan fingerprint density at radius 3 is 2.44 bits per heavy atom. The Hall–Kier alpha value is -2.70. The first-order valence-electron chi connectivity index (χ1n) is 8.18. The molecule has 0 saturated heterocycles. The quantitative estimate of drug-likeness (QED) is 0.838. The van der Waals surface area contributed by atoms with Gasteiger partial charge in [-0.25, -0.2) is 0 Å². The fourth-order valence-electron chi connectivity index (χ4n) is 2.36. The van der Waals surface area contributed by atoms with Crippen molar-refractivity contribution in [3.05, 3.63) is 41.5 Å². The largest absolute Gasteiger partial charge is 0.341 e. The second kappa shape index (κ2) is 7.04. The summed E-state index contributed by atoms with van der Waals surface area (Å²) >= 11 is 0. The molecule has 2 heterocycles. The van der Waals surface area contributed by atoms with Gasteiger partial charge < -0.3 is 10.6 Å². The van der Waals surface area contributed by atoms with E-state index in [4.69, 9.17) is 0 Å². The van der Waals surface area contributed by atoms with E-state index in [-0.39, 0.29) is 11.6 Å². The molecule has 2 aromatic rings. The molecule has 0 bridgehead atoms. The number of pyridine rings is 1. The summed E-state index contributed by atoms with van der Waals surface area (Å²) in [7, 11) is 0. The number of amides is 2. The molecular formula is C18H25N5O2. The van der Waals surface area contributed by atoms with Crippen LogP contribution < -0.4 is 10.6 Å². The van der Waals surface area contributed by atoms with Crippen LogP contribution in [0, 0.1) is 13.8 Å². The average molecular weight is 343 g/mol. The number of rotatable bonds is 3. The lowest BCUT2D eigenvalue weighted by atomic mass is 10.1. The topological polar surface area (TPSA) is 88.9 Å². The minimum absolute atomic E-state index is 0.151. The van der Waals surface area contributed by atoms with Crippen LogP contribution in [0.5, 0.6) is 0 Å². The Morgan fingerprint density at radius 2 is 1.88 bits per heavy atom. The highest BCUT2D eigenvalue weighted by Crippen LogP contribution is 2.21. The molecule has 7 nitrogen and oxygen atoms in total. The summed E-state index contributed by atoms with van der Waals surface area (Å²) in [5.74, 6) is -1.41. The molecule has 2 amide bonds. The van der Waals surface area contributed by atoms with E-state index >= 15 is 0 Å². The van der Waals surface area contributed by atoms with Crippen molar-refractivity contribution in [3.63, 3.8) is 0 Å². The van der Waals surface area contributed by atoms with Crippen LogP contribution in [-0.2, 0) is 15.1 Å². The van der Waals surface area contributed by atoms with Crippen LogP contribution in [-0.4, -0.2) is 26.6 Å². The van der Waals surface area contributed by atoms with Gasteiger partial charge in [-0.3, -0.25) is 19.3 Å². The molecule has 7 heteroatoms. The van der Waals surface area contributed by atoms with Crippen LogP contribution in [0.2, 0.25) is 0 Å². The summed E-state index contributed by atoms with van der Waals surface area (Å²) in [5, 5.41) is 9.78.